The van der Waals surface area contributed by atoms with Crippen LogP contribution in [0.1, 0.15) is 83.5 Å². The summed E-state index contributed by atoms with van der Waals surface area (Å²) in [4.78, 5) is 36.2. The molecule has 602 valence electrons. The smallest absolute Gasteiger partial charge is 0.0455 e. The summed E-state index contributed by atoms with van der Waals surface area (Å²) >= 11 is 0. The molecule has 0 aliphatic rings. The van der Waals surface area contributed by atoms with Crippen LogP contribution < -0.4 is 91.7 Å². The Morgan fingerprint density at radius 1 is 0.0900 bits per heavy atom. The molecule has 30 heteroatoms. The van der Waals surface area contributed by atoms with Crippen molar-refractivity contribution in [1.29, 1.82) is 0 Å². The first-order valence-electron chi connectivity index (χ1n) is 40.3. The van der Waals surface area contributed by atoms with Crippen molar-refractivity contribution in [2.24, 2.45) is 91.7 Å². The predicted molar refractivity (Wildman–Crippen MR) is 430 cm³/mol. The van der Waals surface area contributed by atoms with Gasteiger partial charge in [0.1, 0.15) is 0 Å². The highest BCUT2D eigenvalue weighted by atomic mass is 15.3. The van der Waals surface area contributed by atoms with E-state index in [1.54, 1.807) is 0 Å². The van der Waals surface area contributed by atoms with E-state index >= 15 is 0 Å². The van der Waals surface area contributed by atoms with Gasteiger partial charge < -0.3 is 151 Å². The van der Waals surface area contributed by atoms with Crippen molar-refractivity contribution in [2.75, 3.05) is 373 Å². The fraction of sp³-hybridized carbons (Fsp3) is 1.00. The van der Waals surface area contributed by atoms with Gasteiger partial charge in [0.15, 0.2) is 0 Å². The van der Waals surface area contributed by atoms with E-state index in [4.69, 9.17) is 91.7 Å². The topological polar surface area (TPSA) is 462 Å². The van der Waals surface area contributed by atoms with E-state index in [0.29, 0.717) is 105 Å². The highest BCUT2D eigenvalue weighted by Crippen LogP contribution is 2.09. The monoisotopic (exact) mass is 1430 g/mol. The molecule has 100 heavy (non-hydrogen) atoms. The van der Waals surface area contributed by atoms with Crippen molar-refractivity contribution in [2.45, 2.75) is 83.5 Å². The Kier molecular flexibility index (Phi) is 73.8. The second-order valence-electron chi connectivity index (χ2n) is 27.7. The molecule has 0 amide bonds. The molecule has 0 aromatic carbocycles. The van der Waals surface area contributed by atoms with Gasteiger partial charge in [-0.25, -0.2) is 0 Å². The zero-order valence-corrected chi connectivity index (χ0v) is 65.0. The van der Waals surface area contributed by atoms with Crippen LogP contribution in [0.5, 0.6) is 0 Å². The van der Waals surface area contributed by atoms with Crippen molar-refractivity contribution < 1.29 is 0 Å². The van der Waals surface area contributed by atoms with Gasteiger partial charge in [-0.3, -0.25) is 9.80 Å². The largest absolute Gasteiger partial charge is 0.330 e. The second kappa shape index (κ2) is 74.6. The average molecular weight is 1430 g/mol. The zero-order chi connectivity index (χ0) is 73.6. The fourth-order valence-electron chi connectivity index (χ4n) is 13.4. The van der Waals surface area contributed by atoms with Crippen molar-refractivity contribution >= 4 is 0 Å². The highest BCUT2D eigenvalue weighted by molar-refractivity contribution is 4.77. The minimum Gasteiger partial charge on any atom is -0.330 e. The molecule has 0 saturated heterocycles. The summed E-state index contributed by atoms with van der Waals surface area (Å²) in [5.74, 6) is 0. The molecule has 0 rings (SSSR count). The third kappa shape index (κ3) is 58.0. The highest BCUT2D eigenvalue weighted by Gasteiger charge is 2.20. The Balaban J connectivity index is 7.75. The molecule has 0 spiro atoms. The molecule has 0 aromatic heterocycles. The van der Waals surface area contributed by atoms with Gasteiger partial charge in [0, 0.05) is 210 Å². The maximum atomic E-state index is 6.25. The number of nitrogens with two attached hydrogens (primary N) is 16. The lowest BCUT2D eigenvalue weighted by Gasteiger charge is -2.34. The van der Waals surface area contributed by atoms with Crippen molar-refractivity contribution in [3.05, 3.63) is 0 Å². The van der Waals surface area contributed by atoms with E-state index in [2.05, 4.69) is 68.6 Å². The Bertz CT molecular complexity index is 1580. The Hall–Kier alpha value is -1.20. The summed E-state index contributed by atoms with van der Waals surface area (Å²) in [6.45, 7) is 49.7. The molecule has 30 nitrogen and oxygen atoms in total. The minimum atomic E-state index is 0.512. The summed E-state index contributed by atoms with van der Waals surface area (Å²) in [7, 11) is 0. The summed E-state index contributed by atoms with van der Waals surface area (Å²) in [5, 5.41) is 0. The number of hydrogen-bond acceptors (Lipinski definition) is 30. The maximum Gasteiger partial charge on any atom is 0.0455 e. The molecule has 0 fully saturated rings. The van der Waals surface area contributed by atoms with E-state index in [1.165, 1.54) is 0 Å². The quantitative estimate of drug-likeness (QED) is 0.0252. The zero-order valence-electron chi connectivity index (χ0n) is 65.0. The summed E-state index contributed by atoms with van der Waals surface area (Å²) in [5.41, 5.74) is 97.9. The molecule has 0 aliphatic heterocycles. The van der Waals surface area contributed by atoms with Gasteiger partial charge in [-0.15, -0.1) is 0 Å². The number of nitrogens with zero attached hydrogens (tertiary/aromatic N) is 14. The molecule has 0 bridgehead atoms. The van der Waals surface area contributed by atoms with Gasteiger partial charge >= 0.3 is 0 Å². The van der Waals surface area contributed by atoms with Crippen molar-refractivity contribution in [3.63, 3.8) is 0 Å². The molecule has 0 unspecified atom stereocenters. The summed E-state index contributed by atoms with van der Waals surface area (Å²) < 4.78 is 0. The van der Waals surface area contributed by atoms with Crippen LogP contribution in [-0.4, -0.2) is 442 Å². The van der Waals surface area contributed by atoms with Crippen LogP contribution in [0.3, 0.4) is 0 Å². The average Bonchev–Trinajstić information content (AvgIpc) is 1.11. The van der Waals surface area contributed by atoms with Gasteiger partial charge in [0.2, 0.25) is 0 Å². The molecule has 32 N–H and O–H groups in total. The summed E-state index contributed by atoms with van der Waals surface area (Å²) in [6.07, 6.45) is 13.2. The normalized spacial score (nSPS) is 12.7. The van der Waals surface area contributed by atoms with Gasteiger partial charge in [0.25, 0.3) is 0 Å². The standard InChI is InChI=1S/C70H172N30/c71-14-1-29-87(30-2-15-72)36-8-43-95(63-60-94(52-25-82)35-7-20-77)64-65-96(66-67-97(68-69-99(53-26-83)54-27-84)44-9-37-88(48-21-78)31-3-16-73)45-12-41-91(58-62-98(46-13-47-100(70-86)55-28-85)61-57-89(32-4-17-74)33-5-18-75)39-10-38-90(40-11-42-92(49-22-79)50-23-80)56-59-93(51-24-81)34-6-19-76/h1-86H2. The van der Waals surface area contributed by atoms with Crippen LogP contribution in [0, 0.1) is 0 Å². The molecular formula is C70H172N30. The lowest BCUT2D eigenvalue weighted by Crippen LogP contribution is -2.46. The molecular weight excluding hydrogens is 1260 g/mol. The van der Waals surface area contributed by atoms with Crippen LogP contribution in [-0.2, 0) is 0 Å². The van der Waals surface area contributed by atoms with E-state index in [9.17, 15) is 0 Å². The lowest BCUT2D eigenvalue weighted by molar-refractivity contribution is 0.137. The number of hydrogen-bond donors (Lipinski definition) is 16. The van der Waals surface area contributed by atoms with Crippen LogP contribution in [0.4, 0.5) is 0 Å². The first-order chi connectivity index (χ1) is 49.0. The van der Waals surface area contributed by atoms with Crippen molar-refractivity contribution in [3.8, 4) is 0 Å². The third-order valence-corrected chi connectivity index (χ3v) is 19.4. The first kappa shape index (κ1) is 98.8. The minimum absolute atomic E-state index is 0.512. The Labute approximate surface area is 614 Å². The van der Waals surface area contributed by atoms with Crippen LogP contribution >= 0.6 is 0 Å². The van der Waals surface area contributed by atoms with Gasteiger partial charge in [-0.05, 0) is 247 Å². The van der Waals surface area contributed by atoms with E-state index in [-0.39, 0.29) is 0 Å². The van der Waals surface area contributed by atoms with Crippen LogP contribution in [0.2, 0.25) is 0 Å². The summed E-state index contributed by atoms with van der Waals surface area (Å²) in [6, 6.07) is 0. The SMILES string of the molecule is NCCCN(CCN)CCCN(CCN(CCN)CCN)CCN(CCCN(CCCN(CCCN(CCN)CCN)CCN(CCN)CCCN)CCN(CCCN(CN)CCN)CCN(CCCN)CCCN)CCN(CCCN(CCCN)CCCN)CCN(CCN)CCCN. The molecule has 0 heterocycles. The first-order valence-corrected chi connectivity index (χ1v) is 40.3. The molecule has 0 atom stereocenters. The van der Waals surface area contributed by atoms with E-state index in [1.807, 2.05) is 0 Å². The van der Waals surface area contributed by atoms with Gasteiger partial charge in [0.05, 0.1) is 0 Å². The third-order valence-electron chi connectivity index (χ3n) is 19.4. The molecule has 0 saturated carbocycles. The van der Waals surface area contributed by atoms with E-state index < -0.39 is 0 Å². The molecule has 0 aliphatic carbocycles. The van der Waals surface area contributed by atoms with Gasteiger partial charge in [-0.1, -0.05) is 0 Å². The predicted octanol–water partition coefficient (Wildman–Crippen LogP) is -6.42. The van der Waals surface area contributed by atoms with Crippen LogP contribution in [0.25, 0.3) is 0 Å². The van der Waals surface area contributed by atoms with Crippen molar-refractivity contribution in [1.82, 2.24) is 68.6 Å². The molecule has 0 aromatic rings. The number of rotatable bonds is 83. The Morgan fingerprint density at radius 3 is 0.350 bits per heavy atom. The second-order valence-corrected chi connectivity index (χ2v) is 27.7. The van der Waals surface area contributed by atoms with E-state index in [0.717, 1.165) is 352 Å². The fourth-order valence-corrected chi connectivity index (χ4v) is 13.4. The Morgan fingerprint density at radius 2 is 0.190 bits per heavy atom. The maximum absolute atomic E-state index is 6.25. The lowest BCUT2D eigenvalue weighted by atomic mass is 10.2. The van der Waals surface area contributed by atoms with Crippen LogP contribution in [0.15, 0.2) is 0 Å². The van der Waals surface area contributed by atoms with Gasteiger partial charge in [-0.2, -0.15) is 0 Å². The molecule has 0 radical (unpaired) electrons.